The van der Waals surface area contributed by atoms with Crippen molar-refractivity contribution in [1.82, 2.24) is 5.32 Å². The summed E-state index contributed by atoms with van der Waals surface area (Å²) in [5.74, 6) is 0.581. The van der Waals surface area contributed by atoms with Crippen molar-refractivity contribution in [3.63, 3.8) is 0 Å². The second-order valence-electron chi connectivity index (χ2n) is 5.51. The number of halogens is 1. The molecule has 1 saturated carbocycles. The largest absolute Gasteiger partial charge is 0.381 e. The molecule has 1 saturated heterocycles. The molecule has 1 aliphatic carbocycles. The van der Waals surface area contributed by atoms with Crippen molar-refractivity contribution >= 4 is 11.6 Å². The summed E-state index contributed by atoms with van der Waals surface area (Å²) < 4.78 is 5.64. The Morgan fingerprint density at radius 2 is 2.17 bits per heavy atom. The Kier molecular flexibility index (Phi) is 3.88. The normalized spacial score (nSPS) is 28.3. The van der Waals surface area contributed by atoms with Crippen molar-refractivity contribution in [2.75, 3.05) is 13.2 Å². The van der Waals surface area contributed by atoms with Crippen LogP contribution >= 0.6 is 11.6 Å². The minimum absolute atomic E-state index is 0.581. The molecule has 18 heavy (non-hydrogen) atoms. The van der Waals surface area contributed by atoms with Gasteiger partial charge in [-0.25, -0.2) is 0 Å². The average molecular weight is 266 g/mol. The van der Waals surface area contributed by atoms with Gasteiger partial charge in [-0.15, -0.1) is 0 Å². The van der Waals surface area contributed by atoms with Gasteiger partial charge in [0.25, 0.3) is 0 Å². The van der Waals surface area contributed by atoms with Gasteiger partial charge in [-0.3, -0.25) is 0 Å². The molecule has 0 amide bonds. The number of hydrogen-bond acceptors (Lipinski definition) is 2. The molecule has 2 fully saturated rings. The van der Waals surface area contributed by atoms with Crippen LogP contribution < -0.4 is 5.32 Å². The molecule has 1 aromatic carbocycles. The Hall–Kier alpha value is -0.570. The molecule has 2 nitrogen and oxygen atoms in total. The monoisotopic (exact) mass is 265 g/mol. The zero-order valence-corrected chi connectivity index (χ0v) is 11.3. The van der Waals surface area contributed by atoms with E-state index in [2.05, 4.69) is 17.4 Å². The Morgan fingerprint density at radius 1 is 1.28 bits per heavy atom. The second-order valence-corrected chi connectivity index (χ2v) is 5.94. The van der Waals surface area contributed by atoms with Crippen LogP contribution in [0.1, 0.15) is 24.8 Å². The lowest BCUT2D eigenvalue weighted by molar-refractivity contribution is 0.0316. The SMILES string of the molecule is Clc1cccc(C[C@@H]2COCC[C@@H]2NC2CC2)c1. The molecule has 0 bridgehead atoms. The van der Waals surface area contributed by atoms with E-state index in [0.717, 1.165) is 37.1 Å². The molecule has 3 heteroatoms. The highest BCUT2D eigenvalue weighted by Crippen LogP contribution is 2.26. The molecule has 0 unspecified atom stereocenters. The van der Waals surface area contributed by atoms with E-state index < -0.39 is 0 Å². The fourth-order valence-corrected chi connectivity index (χ4v) is 2.95. The summed E-state index contributed by atoms with van der Waals surface area (Å²) in [6.07, 6.45) is 4.90. The van der Waals surface area contributed by atoms with Crippen LogP contribution in [0.15, 0.2) is 24.3 Å². The lowest BCUT2D eigenvalue weighted by Gasteiger charge is -2.32. The fraction of sp³-hybridized carbons (Fsp3) is 0.600. The first kappa shape index (κ1) is 12.5. The van der Waals surface area contributed by atoms with Crippen molar-refractivity contribution in [1.29, 1.82) is 0 Å². The van der Waals surface area contributed by atoms with E-state index >= 15 is 0 Å². The predicted octanol–water partition coefficient (Wildman–Crippen LogP) is 3.04. The number of rotatable bonds is 4. The van der Waals surface area contributed by atoms with Crippen molar-refractivity contribution in [2.24, 2.45) is 5.92 Å². The molecule has 0 aromatic heterocycles. The summed E-state index contributed by atoms with van der Waals surface area (Å²) in [6.45, 7) is 1.77. The Labute approximate surface area is 114 Å². The molecule has 2 atom stereocenters. The van der Waals surface area contributed by atoms with Crippen LogP contribution in [0.3, 0.4) is 0 Å². The molecule has 98 valence electrons. The molecule has 1 aliphatic heterocycles. The van der Waals surface area contributed by atoms with Gasteiger partial charge in [0, 0.05) is 29.6 Å². The van der Waals surface area contributed by atoms with Crippen LogP contribution in [0.4, 0.5) is 0 Å². The third-order valence-corrected chi connectivity index (χ3v) is 4.12. The summed E-state index contributed by atoms with van der Waals surface area (Å²) in [6, 6.07) is 9.59. The zero-order valence-electron chi connectivity index (χ0n) is 10.6. The van der Waals surface area contributed by atoms with Gasteiger partial charge in [-0.05, 0) is 43.4 Å². The molecule has 0 spiro atoms. The van der Waals surface area contributed by atoms with Gasteiger partial charge in [0.15, 0.2) is 0 Å². The highest BCUT2D eigenvalue weighted by atomic mass is 35.5. The van der Waals surface area contributed by atoms with E-state index in [9.17, 15) is 0 Å². The summed E-state index contributed by atoms with van der Waals surface area (Å²) in [7, 11) is 0. The van der Waals surface area contributed by atoms with E-state index in [4.69, 9.17) is 16.3 Å². The quantitative estimate of drug-likeness (QED) is 0.904. The summed E-state index contributed by atoms with van der Waals surface area (Å²) >= 11 is 6.05. The van der Waals surface area contributed by atoms with Crippen LogP contribution in [0.25, 0.3) is 0 Å². The Bertz CT molecular complexity index is 405. The van der Waals surface area contributed by atoms with Crippen molar-refractivity contribution in [3.8, 4) is 0 Å². The van der Waals surface area contributed by atoms with Gasteiger partial charge in [-0.1, -0.05) is 23.7 Å². The molecule has 2 aliphatic rings. The third-order valence-electron chi connectivity index (χ3n) is 3.89. The van der Waals surface area contributed by atoms with Gasteiger partial charge in [0.2, 0.25) is 0 Å². The van der Waals surface area contributed by atoms with Crippen LogP contribution in [-0.2, 0) is 11.2 Å². The number of benzene rings is 1. The first-order chi connectivity index (χ1) is 8.81. The van der Waals surface area contributed by atoms with Gasteiger partial charge in [0.05, 0.1) is 6.61 Å². The van der Waals surface area contributed by atoms with E-state index in [1.165, 1.54) is 18.4 Å². The maximum absolute atomic E-state index is 6.05. The topological polar surface area (TPSA) is 21.3 Å². The van der Waals surface area contributed by atoms with E-state index in [1.54, 1.807) is 0 Å². The first-order valence-corrected chi connectivity index (χ1v) is 7.27. The second kappa shape index (κ2) is 5.60. The van der Waals surface area contributed by atoms with E-state index in [-0.39, 0.29) is 0 Å². The molecular weight excluding hydrogens is 246 g/mol. The predicted molar refractivity (Wildman–Crippen MR) is 74.0 cm³/mol. The maximum Gasteiger partial charge on any atom is 0.0512 e. The molecule has 0 radical (unpaired) electrons. The number of hydrogen-bond donors (Lipinski definition) is 1. The minimum atomic E-state index is 0.581. The van der Waals surface area contributed by atoms with Gasteiger partial charge < -0.3 is 10.1 Å². The van der Waals surface area contributed by atoms with Crippen LogP contribution in [0.5, 0.6) is 0 Å². The van der Waals surface area contributed by atoms with Gasteiger partial charge in [-0.2, -0.15) is 0 Å². The van der Waals surface area contributed by atoms with Crippen molar-refractivity contribution in [2.45, 2.75) is 37.8 Å². The average Bonchev–Trinajstić information content (AvgIpc) is 3.16. The van der Waals surface area contributed by atoms with Crippen molar-refractivity contribution in [3.05, 3.63) is 34.9 Å². The van der Waals surface area contributed by atoms with Crippen LogP contribution in [-0.4, -0.2) is 25.3 Å². The molecule has 1 heterocycles. The molecular formula is C15H20ClNO. The number of nitrogens with one attached hydrogen (secondary N) is 1. The Morgan fingerprint density at radius 3 is 2.94 bits per heavy atom. The molecule has 3 rings (SSSR count). The maximum atomic E-state index is 6.05. The zero-order chi connectivity index (χ0) is 12.4. The van der Waals surface area contributed by atoms with Gasteiger partial charge in [0.1, 0.15) is 0 Å². The highest BCUT2D eigenvalue weighted by molar-refractivity contribution is 6.30. The van der Waals surface area contributed by atoms with E-state index in [1.807, 2.05) is 12.1 Å². The molecule has 1 aromatic rings. The summed E-state index contributed by atoms with van der Waals surface area (Å²) in [5.41, 5.74) is 1.32. The van der Waals surface area contributed by atoms with Crippen molar-refractivity contribution < 1.29 is 4.74 Å². The minimum Gasteiger partial charge on any atom is -0.381 e. The third kappa shape index (κ3) is 3.25. The lowest BCUT2D eigenvalue weighted by Crippen LogP contribution is -2.44. The lowest BCUT2D eigenvalue weighted by atomic mass is 9.89. The van der Waals surface area contributed by atoms with Crippen LogP contribution in [0.2, 0.25) is 5.02 Å². The highest BCUT2D eigenvalue weighted by Gasteiger charge is 2.31. The standard InChI is InChI=1S/C15H20ClNO/c16-13-3-1-2-11(9-13)8-12-10-18-7-6-15(12)17-14-4-5-14/h1-3,9,12,14-15,17H,4-8,10H2/t12-,15+/m1/s1. The summed E-state index contributed by atoms with van der Waals surface area (Å²) in [4.78, 5) is 0. The first-order valence-electron chi connectivity index (χ1n) is 6.89. The Balaban J connectivity index is 1.64. The van der Waals surface area contributed by atoms with E-state index in [0.29, 0.717) is 12.0 Å². The van der Waals surface area contributed by atoms with Gasteiger partial charge >= 0.3 is 0 Å². The fourth-order valence-electron chi connectivity index (χ4n) is 2.74. The number of ether oxygens (including phenoxy) is 1. The summed E-state index contributed by atoms with van der Waals surface area (Å²) in [5, 5.41) is 4.59. The van der Waals surface area contributed by atoms with Crippen LogP contribution in [0, 0.1) is 5.92 Å². The smallest absolute Gasteiger partial charge is 0.0512 e. The molecule has 1 N–H and O–H groups in total.